The van der Waals surface area contributed by atoms with E-state index in [-0.39, 0.29) is 12.5 Å². The van der Waals surface area contributed by atoms with E-state index >= 15 is 0 Å². The van der Waals surface area contributed by atoms with Gasteiger partial charge in [0, 0.05) is 6.54 Å². The molecule has 41 heavy (non-hydrogen) atoms. The average Bonchev–Trinajstić information content (AvgIpc) is 2.97. The number of rotatable bonds is 7. The first kappa shape index (κ1) is 27.7. The van der Waals surface area contributed by atoms with Crippen molar-refractivity contribution in [3.05, 3.63) is 138 Å². The highest BCUT2D eigenvalue weighted by Gasteiger charge is 2.43. The fraction of sp³-hybridized carbons (Fsp3) is 0.200. The van der Waals surface area contributed by atoms with Crippen LogP contribution in [0, 0.1) is 0 Å². The van der Waals surface area contributed by atoms with Crippen molar-refractivity contribution < 1.29 is 19.1 Å². The number of hydrogen-bond acceptors (Lipinski definition) is 4. The molecule has 0 saturated heterocycles. The fourth-order valence-electron chi connectivity index (χ4n) is 4.84. The van der Waals surface area contributed by atoms with Crippen LogP contribution in [0.2, 0.25) is 0 Å². The molecule has 0 fully saturated rings. The van der Waals surface area contributed by atoms with Crippen LogP contribution in [0.1, 0.15) is 47.8 Å². The van der Waals surface area contributed by atoms with Crippen molar-refractivity contribution in [1.29, 1.82) is 0 Å². The molecule has 4 aromatic carbocycles. The SMILES string of the molecule is C=C(c1ccccc1)C1N(Cc2ccc(OCc3ccccc3)cc2)C(=O)c2ccccc2N1C(=O)OC(C)(C)C. The van der Waals surface area contributed by atoms with Crippen LogP contribution in [0.3, 0.4) is 0 Å². The van der Waals surface area contributed by atoms with Crippen LogP contribution >= 0.6 is 0 Å². The Morgan fingerprint density at radius 1 is 0.805 bits per heavy atom. The van der Waals surface area contributed by atoms with Crippen molar-refractivity contribution in [2.75, 3.05) is 4.90 Å². The lowest BCUT2D eigenvalue weighted by Crippen LogP contribution is -2.58. The van der Waals surface area contributed by atoms with E-state index in [4.69, 9.17) is 9.47 Å². The molecule has 1 aliphatic heterocycles. The third-order valence-corrected chi connectivity index (χ3v) is 6.77. The van der Waals surface area contributed by atoms with Crippen LogP contribution in [0.25, 0.3) is 5.57 Å². The summed E-state index contributed by atoms with van der Waals surface area (Å²) >= 11 is 0. The predicted octanol–water partition coefficient (Wildman–Crippen LogP) is 7.70. The molecule has 0 N–H and O–H groups in total. The number of ether oxygens (including phenoxy) is 2. The van der Waals surface area contributed by atoms with Gasteiger partial charge in [-0.2, -0.15) is 0 Å². The number of nitrogens with zero attached hydrogens (tertiary/aromatic N) is 2. The molecule has 1 unspecified atom stereocenters. The second-order valence-electron chi connectivity index (χ2n) is 11.0. The van der Waals surface area contributed by atoms with Crippen LogP contribution < -0.4 is 9.64 Å². The first-order valence-electron chi connectivity index (χ1n) is 13.6. The minimum Gasteiger partial charge on any atom is -0.489 e. The van der Waals surface area contributed by atoms with Crippen LogP contribution in [0.5, 0.6) is 5.75 Å². The lowest BCUT2D eigenvalue weighted by molar-refractivity contribution is 0.0490. The summed E-state index contributed by atoms with van der Waals surface area (Å²) in [5, 5.41) is 0. The van der Waals surface area contributed by atoms with E-state index in [1.165, 1.54) is 0 Å². The van der Waals surface area contributed by atoms with Crippen molar-refractivity contribution in [1.82, 2.24) is 4.90 Å². The predicted molar refractivity (Wildman–Crippen MR) is 162 cm³/mol. The Hall–Kier alpha value is -4.84. The molecule has 0 radical (unpaired) electrons. The molecule has 1 atom stereocenters. The summed E-state index contributed by atoms with van der Waals surface area (Å²) in [5.74, 6) is 0.542. The maximum absolute atomic E-state index is 14.0. The molecule has 1 aliphatic rings. The number of carbonyl (C=O) groups excluding carboxylic acids is 2. The number of para-hydroxylation sites is 1. The second kappa shape index (κ2) is 11.7. The number of fused-ring (bicyclic) bond motifs is 1. The van der Waals surface area contributed by atoms with E-state index in [2.05, 4.69) is 6.58 Å². The van der Waals surface area contributed by atoms with Crippen LogP contribution in [0.4, 0.5) is 10.5 Å². The lowest BCUT2D eigenvalue weighted by Gasteiger charge is -2.45. The zero-order valence-electron chi connectivity index (χ0n) is 23.6. The smallest absolute Gasteiger partial charge is 0.416 e. The topological polar surface area (TPSA) is 59.1 Å². The van der Waals surface area contributed by atoms with Crippen molar-refractivity contribution in [3.63, 3.8) is 0 Å². The van der Waals surface area contributed by atoms with Gasteiger partial charge in [-0.3, -0.25) is 9.69 Å². The van der Waals surface area contributed by atoms with E-state index in [1.807, 2.05) is 112 Å². The fourth-order valence-corrected chi connectivity index (χ4v) is 4.84. The Kier molecular flexibility index (Phi) is 7.92. The summed E-state index contributed by atoms with van der Waals surface area (Å²) in [4.78, 5) is 31.0. The highest BCUT2D eigenvalue weighted by atomic mass is 16.6. The van der Waals surface area contributed by atoms with E-state index in [0.29, 0.717) is 23.4 Å². The molecular formula is C35H34N2O4. The van der Waals surface area contributed by atoms with Gasteiger partial charge in [-0.25, -0.2) is 4.79 Å². The number of hydrogen-bond donors (Lipinski definition) is 0. The molecule has 0 spiro atoms. The maximum atomic E-state index is 14.0. The lowest BCUT2D eigenvalue weighted by atomic mass is 9.97. The molecule has 6 heteroatoms. The molecule has 2 amide bonds. The molecule has 6 nitrogen and oxygen atoms in total. The minimum absolute atomic E-state index is 0.188. The largest absolute Gasteiger partial charge is 0.489 e. The maximum Gasteiger partial charge on any atom is 0.416 e. The number of amides is 2. The Morgan fingerprint density at radius 2 is 1.41 bits per heavy atom. The van der Waals surface area contributed by atoms with Crippen molar-refractivity contribution in [2.24, 2.45) is 0 Å². The standard InChI is InChI=1S/C35H34N2O4/c1-25(28-15-9-6-10-16-28)32-36(23-26-19-21-29(22-20-26)40-24-27-13-7-5-8-14-27)33(38)30-17-11-12-18-31(30)37(32)34(39)41-35(2,3)4/h5-22,32H,1,23-24H2,2-4H3. The second-order valence-corrected chi connectivity index (χ2v) is 11.0. The number of benzene rings is 4. The summed E-state index contributed by atoms with van der Waals surface area (Å²) in [6.45, 7) is 10.6. The Labute approximate surface area is 241 Å². The van der Waals surface area contributed by atoms with E-state index in [1.54, 1.807) is 28.0 Å². The van der Waals surface area contributed by atoms with Crippen molar-refractivity contribution >= 4 is 23.3 Å². The molecule has 5 rings (SSSR count). The van der Waals surface area contributed by atoms with E-state index < -0.39 is 17.9 Å². The zero-order valence-corrected chi connectivity index (χ0v) is 23.6. The van der Waals surface area contributed by atoms with Gasteiger partial charge in [0.05, 0.1) is 11.3 Å². The summed E-state index contributed by atoms with van der Waals surface area (Å²) in [5.41, 5.74) is 3.61. The van der Waals surface area contributed by atoms with Gasteiger partial charge in [0.1, 0.15) is 24.1 Å². The third-order valence-electron chi connectivity index (χ3n) is 6.77. The van der Waals surface area contributed by atoms with Crippen LogP contribution in [0.15, 0.2) is 116 Å². The van der Waals surface area contributed by atoms with Gasteiger partial charge >= 0.3 is 6.09 Å². The summed E-state index contributed by atoms with van der Waals surface area (Å²) in [6, 6.07) is 34.4. The first-order chi connectivity index (χ1) is 19.7. The summed E-state index contributed by atoms with van der Waals surface area (Å²) in [7, 11) is 0. The van der Waals surface area contributed by atoms with E-state index in [0.717, 1.165) is 22.4 Å². The van der Waals surface area contributed by atoms with Gasteiger partial charge in [0.2, 0.25) is 0 Å². The average molecular weight is 547 g/mol. The molecule has 1 heterocycles. The van der Waals surface area contributed by atoms with Gasteiger partial charge in [-0.1, -0.05) is 91.5 Å². The monoisotopic (exact) mass is 546 g/mol. The molecule has 208 valence electrons. The zero-order chi connectivity index (χ0) is 29.0. The highest BCUT2D eigenvalue weighted by Crippen LogP contribution is 2.38. The van der Waals surface area contributed by atoms with Gasteiger partial charge < -0.3 is 14.4 Å². The molecule has 0 aliphatic carbocycles. The third kappa shape index (κ3) is 6.33. The van der Waals surface area contributed by atoms with Crippen LogP contribution in [-0.2, 0) is 17.9 Å². The summed E-state index contributed by atoms with van der Waals surface area (Å²) in [6.07, 6.45) is -1.35. The van der Waals surface area contributed by atoms with Gasteiger partial charge in [-0.05, 0) is 67.3 Å². The molecule has 0 saturated carbocycles. The molecule has 0 aromatic heterocycles. The number of carbonyl (C=O) groups is 2. The highest BCUT2D eigenvalue weighted by molar-refractivity contribution is 6.09. The minimum atomic E-state index is -0.802. The quantitative estimate of drug-likeness (QED) is 0.238. The summed E-state index contributed by atoms with van der Waals surface area (Å²) < 4.78 is 11.8. The van der Waals surface area contributed by atoms with Gasteiger partial charge in [0.25, 0.3) is 5.91 Å². The first-order valence-corrected chi connectivity index (χ1v) is 13.6. The van der Waals surface area contributed by atoms with Gasteiger partial charge in [0.15, 0.2) is 0 Å². The van der Waals surface area contributed by atoms with Crippen molar-refractivity contribution in [3.8, 4) is 5.75 Å². The Morgan fingerprint density at radius 3 is 2.07 bits per heavy atom. The molecule has 0 bridgehead atoms. The molecule has 4 aromatic rings. The van der Waals surface area contributed by atoms with E-state index in [9.17, 15) is 9.59 Å². The Balaban J connectivity index is 1.49. The Bertz CT molecular complexity index is 1530. The number of anilines is 1. The molecular weight excluding hydrogens is 512 g/mol. The normalized spacial score (nSPS) is 14.8. The van der Waals surface area contributed by atoms with Crippen LogP contribution in [-0.4, -0.2) is 28.7 Å². The van der Waals surface area contributed by atoms with Crippen molar-refractivity contribution in [2.45, 2.75) is 45.7 Å². The van der Waals surface area contributed by atoms with Gasteiger partial charge in [-0.15, -0.1) is 0 Å².